The fraction of sp³-hybridized carbons (Fsp3) is 0.238. The van der Waals surface area contributed by atoms with Gasteiger partial charge in [-0.25, -0.2) is 0 Å². The van der Waals surface area contributed by atoms with Gasteiger partial charge in [0.1, 0.15) is 11.8 Å². The van der Waals surface area contributed by atoms with Crippen molar-refractivity contribution in [3.05, 3.63) is 65.9 Å². The van der Waals surface area contributed by atoms with Crippen LogP contribution < -0.4 is 10.1 Å². The summed E-state index contributed by atoms with van der Waals surface area (Å²) in [6.07, 6.45) is 1.91. The standard InChI is InChI=1S/C21H20N2O4S/c1-26-14-5-2-4-13(10-14)19(24)11-27-21(25)18-12-28-20(23-18)16-6-3-7-17-15(16)8-9-22-17/h2-10,18,20,22-23H,11-12H2,1H3/t18-,20-/m1/s1. The average molecular weight is 396 g/mol. The van der Waals surface area contributed by atoms with Crippen molar-refractivity contribution in [3.63, 3.8) is 0 Å². The van der Waals surface area contributed by atoms with Crippen LogP contribution in [0.4, 0.5) is 0 Å². The van der Waals surface area contributed by atoms with Gasteiger partial charge in [-0.1, -0.05) is 24.3 Å². The van der Waals surface area contributed by atoms with E-state index in [1.165, 1.54) is 7.11 Å². The van der Waals surface area contributed by atoms with Crippen molar-refractivity contribution < 1.29 is 19.1 Å². The zero-order valence-electron chi connectivity index (χ0n) is 15.3. The van der Waals surface area contributed by atoms with Gasteiger partial charge in [-0.15, -0.1) is 11.8 Å². The summed E-state index contributed by atoms with van der Waals surface area (Å²) in [5.74, 6) is 0.518. The summed E-state index contributed by atoms with van der Waals surface area (Å²) in [5, 5.41) is 4.45. The highest BCUT2D eigenvalue weighted by atomic mass is 32.2. The van der Waals surface area contributed by atoms with Crippen molar-refractivity contribution in [2.45, 2.75) is 11.4 Å². The third kappa shape index (κ3) is 3.76. The molecule has 1 aromatic heterocycles. The maximum atomic E-state index is 12.4. The average Bonchev–Trinajstić information content (AvgIpc) is 3.41. The molecule has 3 aromatic rings. The van der Waals surface area contributed by atoms with Gasteiger partial charge in [0, 0.05) is 28.4 Å². The number of ketones is 1. The Balaban J connectivity index is 1.36. The van der Waals surface area contributed by atoms with Crippen LogP contribution in [-0.2, 0) is 9.53 Å². The lowest BCUT2D eigenvalue weighted by atomic mass is 10.1. The number of ether oxygens (including phenoxy) is 2. The minimum absolute atomic E-state index is 0.00568. The van der Waals surface area contributed by atoms with Gasteiger partial charge in [-0.2, -0.15) is 0 Å². The topological polar surface area (TPSA) is 80.4 Å². The molecule has 0 spiro atoms. The molecule has 144 valence electrons. The number of aromatic nitrogens is 1. The number of nitrogens with one attached hydrogen (secondary N) is 2. The highest BCUT2D eigenvalue weighted by Gasteiger charge is 2.32. The second-order valence-electron chi connectivity index (χ2n) is 6.48. The van der Waals surface area contributed by atoms with Crippen LogP contribution in [0.1, 0.15) is 21.3 Å². The van der Waals surface area contributed by atoms with E-state index in [0.29, 0.717) is 17.1 Å². The normalized spacial score (nSPS) is 18.9. The lowest BCUT2D eigenvalue weighted by Crippen LogP contribution is -2.36. The summed E-state index contributed by atoms with van der Waals surface area (Å²) in [6, 6.07) is 14.5. The van der Waals surface area contributed by atoms with Gasteiger partial charge >= 0.3 is 5.97 Å². The van der Waals surface area contributed by atoms with Crippen LogP contribution in [0, 0.1) is 0 Å². The summed E-state index contributed by atoms with van der Waals surface area (Å²) >= 11 is 1.66. The van der Waals surface area contributed by atoms with E-state index >= 15 is 0 Å². The molecule has 0 unspecified atom stereocenters. The molecule has 0 radical (unpaired) electrons. The third-order valence-corrected chi connectivity index (χ3v) is 5.96. The second kappa shape index (κ2) is 8.08. The zero-order chi connectivity index (χ0) is 19.5. The molecule has 1 fully saturated rings. The van der Waals surface area contributed by atoms with E-state index in [0.717, 1.165) is 16.5 Å². The Kier molecular flexibility index (Phi) is 5.36. The van der Waals surface area contributed by atoms with E-state index in [4.69, 9.17) is 9.47 Å². The number of Topliss-reactive ketones (excluding diaryl/α,β-unsaturated/α-hetero) is 1. The molecule has 1 aliphatic heterocycles. The van der Waals surface area contributed by atoms with Gasteiger partial charge in [-0.3, -0.25) is 14.9 Å². The van der Waals surface area contributed by atoms with E-state index in [1.807, 2.05) is 24.4 Å². The summed E-state index contributed by atoms with van der Waals surface area (Å²) in [5.41, 5.74) is 2.65. The number of aromatic amines is 1. The van der Waals surface area contributed by atoms with Crippen LogP contribution in [0.3, 0.4) is 0 Å². The number of esters is 1. The molecule has 28 heavy (non-hydrogen) atoms. The molecule has 1 saturated heterocycles. The van der Waals surface area contributed by atoms with E-state index in [1.54, 1.807) is 36.0 Å². The first kappa shape index (κ1) is 18.6. The highest BCUT2D eigenvalue weighted by Crippen LogP contribution is 2.36. The molecular formula is C21H20N2O4S. The van der Waals surface area contributed by atoms with Crippen LogP contribution in [0.5, 0.6) is 5.75 Å². The first-order chi connectivity index (χ1) is 13.7. The van der Waals surface area contributed by atoms with Crippen molar-refractivity contribution in [1.82, 2.24) is 10.3 Å². The van der Waals surface area contributed by atoms with E-state index in [9.17, 15) is 9.59 Å². The summed E-state index contributed by atoms with van der Waals surface area (Å²) in [6.45, 7) is -0.285. The van der Waals surface area contributed by atoms with Crippen LogP contribution in [0.2, 0.25) is 0 Å². The van der Waals surface area contributed by atoms with Crippen molar-refractivity contribution in [2.24, 2.45) is 0 Å². The summed E-state index contributed by atoms with van der Waals surface area (Å²) in [4.78, 5) is 27.9. The fourth-order valence-corrected chi connectivity index (χ4v) is 4.51. The number of hydrogen-bond acceptors (Lipinski definition) is 6. The van der Waals surface area contributed by atoms with Crippen molar-refractivity contribution in [2.75, 3.05) is 19.5 Å². The quantitative estimate of drug-likeness (QED) is 0.492. The molecule has 0 aliphatic carbocycles. The Bertz CT molecular complexity index is 1020. The largest absolute Gasteiger partial charge is 0.497 e. The molecular weight excluding hydrogens is 376 g/mol. The molecule has 0 amide bonds. The number of benzene rings is 2. The summed E-state index contributed by atoms with van der Waals surface area (Å²) < 4.78 is 10.4. The van der Waals surface area contributed by atoms with Crippen LogP contribution in [0.25, 0.3) is 10.9 Å². The monoisotopic (exact) mass is 396 g/mol. The molecule has 0 bridgehead atoms. The van der Waals surface area contributed by atoms with Gasteiger partial charge in [0.15, 0.2) is 12.4 Å². The molecule has 4 rings (SSSR count). The number of carbonyl (C=O) groups excluding carboxylic acids is 2. The Morgan fingerprint density at radius 1 is 1.18 bits per heavy atom. The number of H-pyrrole nitrogens is 1. The van der Waals surface area contributed by atoms with Gasteiger partial charge in [-0.05, 0) is 29.8 Å². The highest BCUT2D eigenvalue weighted by molar-refractivity contribution is 7.99. The number of methoxy groups -OCH3 is 1. The Morgan fingerprint density at radius 3 is 2.89 bits per heavy atom. The zero-order valence-corrected chi connectivity index (χ0v) is 16.1. The van der Waals surface area contributed by atoms with Crippen LogP contribution >= 0.6 is 11.8 Å². The Hall–Kier alpha value is -2.77. The molecule has 1 aliphatic rings. The van der Waals surface area contributed by atoms with Crippen molar-refractivity contribution >= 4 is 34.4 Å². The molecule has 2 atom stereocenters. The predicted octanol–water partition coefficient (Wildman–Crippen LogP) is 3.31. The van der Waals surface area contributed by atoms with Gasteiger partial charge < -0.3 is 14.5 Å². The number of fused-ring (bicyclic) bond motifs is 1. The minimum atomic E-state index is -0.442. The van der Waals surface area contributed by atoms with Crippen molar-refractivity contribution in [3.8, 4) is 5.75 Å². The smallest absolute Gasteiger partial charge is 0.324 e. The summed E-state index contributed by atoms with van der Waals surface area (Å²) in [7, 11) is 1.54. The molecule has 0 saturated carbocycles. The van der Waals surface area contributed by atoms with Gasteiger partial charge in [0.2, 0.25) is 0 Å². The lowest BCUT2D eigenvalue weighted by Gasteiger charge is -2.14. The maximum absolute atomic E-state index is 12.4. The van der Waals surface area contributed by atoms with Gasteiger partial charge in [0.25, 0.3) is 0 Å². The Morgan fingerprint density at radius 2 is 2.04 bits per heavy atom. The Labute approximate surface area is 166 Å². The first-order valence-electron chi connectivity index (χ1n) is 8.93. The predicted molar refractivity (Wildman–Crippen MR) is 109 cm³/mol. The van der Waals surface area contributed by atoms with E-state index < -0.39 is 12.0 Å². The number of thioether (sulfide) groups is 1. The molecule has 2 heterocycles. The minimum Gasteiger partial charge on any atom is -0.497 e. The number of carbonyl (C=O) groups is 2. The van der Waals surface area contributed by atoms with E-state index in [2.05, 4.69) is 16.4 Å². The lowest BCUT2D eigenvalue weighted by molar-refractivity contribution is -0.144. The number of hydrogen-bond donors (Lipinski definition) is 2. The maximum Gasteiger partial charge on any atom is 0.324 e. The second-order valence-corrected chi connectivity index (χ2v) is 7.62. The first-order valence-corrected chi connectivity index (χ1v) is 9.98. The van der Waals surface area contributed by atoms with Gasteiger partial charge in [0.05, 0.1) is 12.5 Å². The third-order valence-electron chi connectivity index (χ3n) is 4.72. The van der Waals surface area contributed by atoms with Crippen molar-refractivity contribution in [1.29, 1.82) is 0 Å². The molecule has 7 heteroatoms. The molecule has 2 N–H and O–H groups in total. The molecule has 2 aromatic carbocycles. The van der Waals surface area contributed by atoms with Crippen LogP contribution in [0.15, 0.2) is 54.7 Å². The SMILES string of the molecule is COc1cccc(C(=O)COC(=O)[C@H]2CS[C@H](c3cccc4[nH]ccc34)N2)c1. The number of rotatable bonds is 6. The molecule has 6 nitrogen and oxygen atoms in total. The fourth-order valence-electron chi connectivity index (χ4n) is 3.24. The van der Waals surface area contributed by atoms with Crippen LogP contribution in [-0.4, -0.2) is 42.2 Å². The van der Waals surface area contributed by atoms with E-state index in [-0.39, 0.29) is 17.8 Å².